The molecule has 0 saturated carbocycles. The Bertz CT molecular complexity index is 641. The molecule has 3 rings (SSSR count). The van der Waals surface area contributed by atoms with Gasteiger partial charge < -0.3 is 10.6 Å². The first kappa shape index (κ1) is 17.3. The molecule has 2 heterocycles. The van der Waals surface area contributed by atoms with Gasteiger partial charge in [-0.2, -0.15) is 0 Å². The van der Waals surface area contributed by atoms with Crippen molar-refractivity contribution in [1.29, 1.82) is 0 Å². The molecule has 0 radical (unpaired) electrons. The summed E-state index contributed by atoms with van der Waals surface area (Å²) in [5.41, 5.74) is 1.36. The molecule has 1 atom stereocenters. The van der Waals surface area contributed by atoms with Crippen molar-refractivity contribution in [3.8, 4) is 0 Å². The summed E-state index contributed by atoms with van der Waals surface area (Å²) in [5.74, 6) is 0.145. The van der Waals surface area contributed by atoms with Crippen LogP contribution in [0.2, 0.25) is 0 Å². The summed E-state index contributed by atoms with van der Waals surface area (Å²) in [6.45, 7) is 3.78. The highest BCUT2D eigenvalue weighted by molar-refractivity contribution is 7.19. The maximum absolute atomic E-state index is 12.3. The quantitative estimate of drug-likeness (QED) is 0.817. The van der Waals surface area contributed by atoms with Crippen LogP contribution in [0.1, 0.15) is 36.6 Å². The van der Waals surface area contributed by atoms with Crippen LogP contribution in [0.3, 0.4) is 0 Å². The van der Waals surface area contributed by atoms with Crippen molar-refractivity contribution in [1.82, 2.24) is 10.6 Å². The Morgan fingerprint density at radius 2 is 2.18 bits per heavy atom. The smallest absolute Gasteiger partial charge is 0.237 e. The zero-order valence-corrected chi connectivity index (χ0v) is 14.5. The monoisotopic (exact) mass is 338 g/mol. The Hall–Kier alpha value is -1.10. The van der Waals surface area contributed by atoms with Gasteiger partial charge in [0.1, 0.15) is 0 Å². The number of carbonyl (C=O) groups is 1. The molecule has 0 aliphatic carbocycles. The van der Waals surface area contributed by atoms with Gasteiger partial charge in [0.2, 0.25) is 5.91 Å². The van der Waals surface area contributed by atoms with Crippen LogP contribution in [0.5, 0.6) is 0 Å². The zero-order valence-electron chi connectivity index (χ0n) is 12.9. The molecule has 5 heteroatoms. The molecule has 0 fully saturated rings. The molecule has 22 heavy (non-hydrogen) atoms. The van der Waals surface area contributed by atoms with Crippen molar-refractivity contribution in [2.45, 2.75) is 45.2 Å². The number of amides is 1. The van der Waals surface area contributed by atoms with Gasteiger partial charge in [-0.1, -0.05) is 38.0 Å². The van der Waals surface area contributed by atoms with Gasteiger partial charge in [0.15, 0.2) is 0 Å². The van der Waals surface area contributed by atoms with Crippen molar-refractivity contribution >= 4 is 39.7 Å². The number of thiophene rings is 1. The summed E-state index contributed by atoms with van der Waals surface area (Å²) in [7, 11) is 0. The maximum Gasteiger partial charge on any atom is 0.237 e. The number of carbonyl (C=O) groups excluding carboxylic acids is 1. The number of benzene rings is 1. The largest absolute Gasteiger partial charge is 0.355 e. The number of unbranched alkanes of at least 4 members (excludes halogenated alkanes) is 2. The van der Waals surface area contributed by atoms with Crippen molar-refractivity contribution in [3.63, 3.8) is 0 Å². The summed E-state index contributed by atoms with van der Waals surface area (Å²) in [5, 5.41) is 7.76. The molecule has 1 aliphatic rings. The molecular formula is C17H23ClN2OS. The summed E-state index contributed by atoms with van der Waals surface area (Å²) in [4.78, 5) is 13.6. The van der Waals surface area contributed by atoms with Crippen molar-refractivity contribution in [2.24, 2.45) is 0 Å². The molecule has 3 nitrogen and oxygen atoms in total. The van der Waals surface area contributed by atoms with E-state index >= 15 is 0 Å². The average molecular weight is 339 g/mol. The molecule has 0 unspecified atom stereocenters. The van der Waals surface area contributed by atoms with Crippen molar-refractivity contribution in [3.05, 3.63) is 34.7 Å². The van der Waals surface area contributed by atoms with Crippen LogP contribution in [0, 0.1) is 0 Å². The van der Waals surface area contributed by atoms with Crippen LogP contribution < -0.4 is 10.6 Å². The number of hydrogen-bond donors (Lipinski definition) is 2. The van der Waals surface area contributed by atoms with Gasteiger partial charge in [-0.3, -0.25) is 4.79 Å². The van der Waals surface area contributed by atoms with E-state index in [-0.39, 0.29) is 24.4 Å². The van der Waals surface area contributed by atoms with E-state index < -0.39 is 0 Å². The van der Waals surface area contributed by atoms with E-state index in [4.69, 9.17) is 0 Å². The third-order valence-corrected chi connectivity index (χ3v) is 5.31. The summed E-state index contributed by atoms with van der Waals surface area (Å²) >= 11 is 1.84. The van der Waals surface area contributed by atoms with Crippen LogP contribution in [0.4, 0.5) is 0 Å². The molecule has 1 aromatic heterocycles. The third-order valence-electron chi connectivity index (χ3n) is 4.10. The SMILES string of the molecule is CCCCCNC(=O)[C@H]1Cc2c(sc3ccccc23)CN1.Cl. The third kappa shape index (κ3) is 3.62. The predicted octanol–water partition coefficient (Wildman–Crippen LogP) is 3.64. The standard InChI is InChI=1S/C17H22N2OS.ClH/c1-2-3-6-9-18-17(20)14-10-13-12-7-4-5-8-15(12)21-16(13)11-19-14;/h4-5,7-8,14,19H,2-3,6,9-11H2,1H3,(H,18,20);1H/t14-;/m1./s1. The highest BCUT2D eigenvalue weighted by atomic mass is 35.5. The first-order valence-corrected chi connectivity index (χ1v) is 8.61. The Balaban J connectivity index is 0.00000176. The normalized spacial score (nSPS) is 16.9. The van der Waals surface area contributed by atoms with E-state index in [0.717, 1.165) is 25.9 Å². The Labute approximate surface area is 141 Å². The Morgan fingerprint density at radius 3 is 3.00 bits per heavy atom. The van der Waals surface area contributed by atoms with E-state index in [1.807, 2.05) is 11.3 Å². The zero-order chi connectivity index (χ0) is 14.7. The van der Waals surface area contributed by atoms with Gasteiger partial charge >= 0.3 is 0 Å². The van der Waals surface area contributed by atoms with Crippen LogP contribution in [0.25, 0.3) is 10.1 Å². The molecule has 0 saturated heterocycles. The average Bonchev–Trinajstić information content (AvgIpc) is 2.89. The number of nitrogens with one attached hydrogen (secondary N) is 2. The maximum atomic E-state index is 12.3. The fourth-order valence-electron chi connectivity index (χ4n) is 2.90. The topological polar surface area (TPSA) is 41.1 Å². The second-order valence-corrected chi connectivity index (χ2v) is 6.77. The number of fused-ring (bicyclic) bond motifs is 3. The van der Waals surface area contributed by atoms with E-state index in [2.05, 4.69) is 41.8 Å². The molecule has 2 aromatic rings. The van der Waals surface area contributed by atoms with Crippen LogP contribution >= 0.6 is 23.7 Å². The second kappa shape index (κ2) is 7.95. The minimum atomic E-state index is -0.0860. The van der Waals surface area contributed by atoms with Crippen molar-refractivity contribution < 1.29 is 4.79 Å². The van der Waals surface area contributed by atoms with Crippen LogP contribution in [-0.2, 0) is 17.8 Å². The van der Waals surface area contributed by atoms with Gasteiger partial charge in [0, 0.05) is 22.7 Å². The van der Waals surface area contributed by atoms with E-state index in [1.54, 1.807) is 0 Å². The highest BCUT2D eigenvalue weighted by Gasteiger charge is 2.26. The minimum absolute atomic E-state index is 0. The van der Waals surface area contributed by atoms with Crippen LogP contribution in [0.15, 0.2) is 24.3 Å². The van der Waals surface area contributed by atoms with E-state index in [1.165, 1.54) is 33.4 Å². The van der Waals surface area contributed by atoms with Gasteiger partial charge in [0.05, 0.1) is 6.04 Å². The molecule has 120 valence electrons. The Kier molecular flexibility index (Phi) is 6.24. The van der Waals surface area contributed by atoms with E-state index in [0.29, 0.717) is 0 Å². The lowest BCUT2D eigenvalue weighted by atomic mass is 9.98. The molecule has 0 bridgehead atoms. The molecular weight excluding hydrogens is 316 g/mol. The molecule has 1 amide bonds. The number of hydrogen-bond acceptors (Lipinski definition) is 3. The first-order chi connectivity index (χ1) is 10.3. The Morgan fingerprint density at radius 1 is 1.36 bits per heavy atom. The van der Waals surface area contributed by atoms with Gasteiger partial charge in [0.25, 0.3) is 0 Å². The highest BCUT2D eigenvalue weighted by Crippen LogP contribution is 2.34. The molecule has 2 N–H and O–H groups in total. The molecule has 1 aromatic carbocycles. The minimum Gasteiger partial charge on any atom is -0.355 e. The van der Waals surface area contributed by atoms with Gasteiger partial charge in [-0.15, -0.1) is 23.7 Å². The second-order valence-electron chi connectivity index (χ2n) is 5.64. The number of rotatable bonds is 5. The summed E-state index contributed by atoms with van der Waals surface area (Å²) in [6.07, 6.45) is 4.24. The van der Waals surface area contributed by atoms with E-state index in [9.17, 15) is 4.79 Å². The summed E-state index contributed by atoms with van der Waals surface area (Å²) < 4.78 is 1.33. The lowest BCUT2D eigenvalue weighted by Crippen LogP contribution is -2.47. The predicted molar refractivity (Wildman–Crippen MR) is 95.9 cm³/mol. The van der Waals surface area contributed by atoms with Crippen LogP contribution in [-0.4, -0.2) is 18.5 Å². The lowest BCUT2D eigenvalue weighted by molar-refractivity contribution is -0.123. The first-order valence-electron chi connectivity index (χ1n) is 7.80. The van der Waals surface area contributed by atoms with Crippen molar-refractivity contribution in [2.75, 3.05) is 6.54 Å². The fourth-order valence-corrected chi connectivity index (χ4v) is 4.09. The number of halogens is 1. The summed E-state index contributed by atoms with van der Waals surface area (Å²) in [6, 6.07) is 8.41. The van der Waals surface area contributed by atoms with Gasteiger partial charge in [-0.05, 0) is 29.9 Å². The molecule has 0 spiro atoms. The van der Waals surface area contributed by atoms with Gasteiger partial charge in [-0.25, -0.2) is 0 Å². The lowest BCUT2D eigenvalue weighted by Gasteiger charge is -2.23. The fraction of sp³-hybridized carbons (Fsp3) is 0.471. The molecule has 1 aliphatic heterocycles.